The lowest BCUT2D eigenvalue weighted by Crippen LogP contribution is -2.33. The van der Waals surface area contributed by atoms with Crippen LogP contribution in [0.4, 0.5) is 0 Å². The van der Waals surface area contributed by atoms with E-state index in [9.17, 15) is 0 Å². The number of hydrogen-bond donors (Lipinski definition) is 0. The number of piperidine rings is 1. The molecule has 0 amide bonds. The Kier molecular flexibility index (Phi) is 1.31. The van der Waals surface area contributed by atoms with Crippen molar-refractivity contribution in [2.75, 3.05) is 13.1 Å². The molecule has 1 heterocycles. The van der Waals surface area contributed by atoms with Crippen LogP contribution in [0.2, 0.25) is 0 Å². The van der Waals surface area contributed by atoms with Crippen molar-refractivity contribution in [3.05, 3.63) is 0 Å². The van der Waals surface area contributed by atoms with Crippen LogP contribution in [-0.2, 0) is 0 Å². The second-order valence-electron chi connectivity index (χ2n) is 4.64. The highest BCUT2D eigenvalue weighted by molar-refractivity contribution is 4.99. The summed E-state index contributed by atoms with van der Waals surface area (Å²) in [7, 11) is 0. The predicted molar refractivity (Wildman–Crippen MR) is 45.4 cm³/mol. The number of rotatable bonds is 2. The fourth-order valence-electron chi connectivity index (χ4n) is 2.57. The van der Waals surface area contributed by atoms with Gasteiger partial charge < -0.3 is 0 Å². The Labute approximate surface area is 68.8 Å². The molecule has 11 heavy (non-hydrogen) atoms. The summed E-state index contributed by atoms with van der Waals surface area (Å²) in [5.41, 5.74) is 0. The van der Waals surface area contributed by atoms with E-state index in [-0.39, 0.29) is 0 Å². The third kappa shape index (κ3) is 1.20. The van der Waals surface area contributed by atoms with Crippen LogP contribution in [0.15, 0.2) is 0 Å². The molecule has 1 saturated heterocycles. The maximum atomic E-state index is 2.77. The van der Waals surface area contributed by atoms with E-state index in [1.54, 1.807) is 0 Å². The molecule has 0 aromatic rings. The molecule has 0 aromatic carbocycles. The highest BCUT2D eigenvalue weighted by Crippen LogP contribution is 2.44. The maximum absolute atomic E-state index is 2.77. The second kappa shape index (κ2) is 2.22. The molecule has 2 saturated carbocycles. The number of hydrogen-bond acceptors (Lipinski definition) is 1. The van der Waals surface area contributed by atoms with E-state index in [0.717, 1.165) is 17.9 Å². The summed E-state index contributed by atoms with van der Waals surface area (Å²) < 4.78 is 0. The third-order valence-corrected chi connectivity index (χ3v) is 3.56. The molecule has 1 nitrogen and oxygen atoms in total. The monoisotopic (exact) mass is 151 g/mol. The van der Waals surface area contributed by atoms with E-state index in [1.165, 1.54) is 45.2 Å². The van der Waals surface area contributed by atoms with Gasteiger partial charge in [-0.3, -0.25) is 4.90 Å². The molecule has 0 aromatic heterocycles. The normalized spacial score (nSPS) is 43.6. The molecule has 0 bridgehead atoms. The molecule has 3 rings (SSSR count). The van der Waals surface area contributed by atoms with Crippen LogP contribution >= 0.6 is 0 Å². The largest absolute Gasteiger partial charge is 0.300 e. The lowest BCUT2D eigenvalue weighted by atomic mass is 10.1. The quantitative estimate of drug-likeness (QED) is 0.582. The van der Waals surface area contributed by atoms with E-state index >= 15 is 0 Å². The van der Waals surface area contributed by atoms with Gasteiger partial charge in [-0.1, -0.05) is 0 Å². The molecule has 1 heteroatoms. The van der Waals surface area contributed by atoms with Gasteiger partial charge in [-0.25, -0.2) is 0 Å². The molecule has 2 aliphatic carbocycles. The molecule has 3 aliphatic rings. The van der Waals surface area contributed by atoms with Crippen molar-refractivity contribution in [3.8, 4) is 0 Å². The summed E-state index contributed by atoms with van der Waals surface area (Å²) in [6.45, 7) is 2.86. The van der Waals surface area contributed by atoms with Crippen LogP contribution in [0.25, 0.3) is 0 Å². The van der Waals surface area contributed by atoms with Crippen LogP contribution < -0.4 is 0 Å². The minimum Gasteiger partial charge on any atom is -0.300 e. The van der Waals surface area contributed by atoms with Crippen molar-refractivity contribution in [3.63, 3.8) is 0 Å². The van der Waals surface area contributed by atoms with E-state index in [1.807, 2.05) is 0 Å². The molecule has 0 N–H and O–H groups in total. The van der Waals surface area contributed by atoms with E-state index in [2.05, 4.69) is 4.90 Å². The van der Waals surface area contributed by atoms with Crippen molar-refractivity contribution in [1.82, 2.24) is 4.90 Å². The molecule has 0 unspecified atom stereocenters. The summed E-state index contributed by atoms with van der Waals surface area (Å²) in [6.07, 6.45) is 7.59. The summed E-state index contributed by atoms with van der Waals surface area (Å²) in [5.74, 6) is 2.23. The Hall–Kier alpha value is -0.0400. The van der Waals surface area contributed by atoms with Gasteiger partial charge in [-0.15, -0.1) is 0 Å². The first kappa shape index (κ1) is 6.47. The zero-order chi connectivity index (χ0) is 7.26. The molecular weight excluding hydrogens is 134 g/mol. The van der Waals surface area contributed by atoms with Crippen molar-refractivity contribution in [2.24, 2.45) is 11.8 Å². The smallest absolute Gasteiger partial charge is 0.0127 e. The summed E-state index contributed by atoms with van der Waals surface area (Å²) >= 11 is 0. The lowest BCUT2D eigenvalue weighted by Gasteiger charge is -2.26. The molecule has 0 spiro atoms. The first-order valence-electron chi connectivity index (χ1n) is 5.17. The number of fused-ring (bicyclic) bond motifs is 1. The molecule has 1 aliphatic heterocycles. The van der Waals surface area contributed by atoms with Crippen molar-refractivity contribution in [2.45, 2.75) is 38.1 Å². The maximum Gasteiger partial charge on any atom is 0.0127 e. The molecule has 0 radical (unpaired) electrons. The van der Waals surface area contributed by atoms with Gasteiger partial charge in [0, 0.05) is 12.6 Å². The highest BCUT2D eigenvalue weighted by atomic mass is 15.2. The van der Waals surface area contributed by atoms with Crippen LogP contribution in [0, 0.1) is 11.8 Å². The zero-order valence-electron chi connectivity index (χ0n) is 7.13. The highest BCUT2D eigenvalue weighted by Gasteiger charge is 2.44. The van der Waals surface area contributed by atoms with Gasteiger partial charge >= 0.3 is 0 Å². The minimum atomic E-state index is 1.05. The molecular formula is C10H17N. The van der Waals surface area contributed by atoms with Gasteiger partial charge in [-0.2, -0.15) is 0 Å². The van der Waals surface area contributed by atoms with E-state index in [0.29, 0.717) is 0 Å². The summed E-state index contributed by atoms with van der Waals surface area (Å²) in [5, 5.41) is 0. The van der Waals surface area contributed by atoms with Crippen molar-refractivity contribution >= 4 is 0 Å². The van der Waals surface area contributed by atoms with E-state index < -0.39 is 0 Å². The first-order valence-corrected chi connectivity index (χ1v) is 5.17. The lowest BCUT2D eigenvalue weighted by molar-refractivity contribution is 0.207. The Morgan fingerprint density at radius 3 is 2.91 bits per heavy atom. The van der Waals surface area contributed by atoms with E-state index in [4.69, 9.17) is 0 Å². The summed E-state index contributed by atoms with van der Waals surface area (Å²) in [6, 6.07) is 1.05. The fraction of sp³-hybridized carbons (Fsp3) is 1.00. The predicted octanol–water partition coefficient (Wildman–Crippen LogP) is 1.88. The van der Waals surface area contributed by atoms with Crippen LogP contribution in [0.5, 0.6) is 0 Å². The topological polar surface area (TPSA) is 3.24 Å². The average molecular weight is 151 g/mol. The van der Waals surface area contributed by atoms with Crippen LogP contribution in [0.1, 0.15) is 32.1 Å². The van der Waals surface area contributed by atoms with Crippen LogP contribution in [-0.4, -0.2) is 24.0 Å². The second-order valence-corrected chi connectivity index (χ2v) is 4.64. The third-order valence-electron chi connectivity index (χ3n) is 3.56. The fourth-order valence-corrected chi connectivity index (χ4v) is 2.57. The molecule has 2 atom stereocenters. The van der Waals surface area contributed by atoms with Crippen molar-refractivity contribution < 1.29 is 0 Å². The van der Waals surface area contributed by atoms with Crippen molar-refractivity contribution in [1.29, 1.82) is 0 Å². The molecule has 62 valence electrons. The van der Waals surface area contributed by atoms with Gasteiger partial charge in [0.15, 0.2) is 0 Å². The summed E-state index contributed by atoms with van der Waals surface area (Å²) in [4.78, 5) is 2.77. The van der Waals surface area contributed by atoms with Gasteiger partial charge in [0.1, 0.15) is 0 Å². The average Bonchev–Trinajstić information content (AvgIpc) is 2.80. The van der Waals surface area contributed by atoms with Crippen LogP contribution in [0.3, 0.4) is 0 Å². The Morgan fingerprint density at radius 2 is 2.09 bits per heavy atom. The van der Waals surface area contributed by atoms with Gasteiger partial charge in [0.05, 0.1) is 0 Å². The standard InChI is InChI=1S/C10H17N/c1-2-9-6-10(9)11(5-1)7-8-3-4-8/h8-10H,1-7H2/t9-,10+/m1/s1. The Balaban J connectivity index is 1.58. The Morgan fingerprint density at radius 1 is 1.18 bits per heavy atom. The first-order chi connectivity index (χ1) is 5.43. The minimum absolute atomic E-state index is 1.05. The zero-order valence-corrected chi connectivity index (χ0v) is 7.13. The molecule has 3 fully saturated rings. The number of nitrogens with zero attached hydrogens (tertiary/aromatic N) is 1. The van der Waals surface area contributed by atoms with Gasteiger partial charge in [0.25, 0.3) is 0 Å². The van der Waals surface area contributed by atoms with Gasteiger partial charge in [0.2, 0.25) is 0 Å². The number of likely N-dealkylation sites (tertiary alicyclic amines) is 1. The van der Waals surface area contributed by atoms with Gasteiger partial charge in [-0.05, 0) is 50.5 Å². The Bertz CT molecular complexity index is 162. The SMILES string of the molecule is C1C[C@@H]2C[C@@H]2N(CC2CC2)C1.